The Morgan fingerprint density at radius 3 is 2.36 bits per heavy atom. The van der Waals surface area contributed by atoms with Gasteiger partial charge in [-0.2, -0.15) is 45.6 Å². The van der Waals surface area contributed by atoms with E-state index in [0.717, 1.165) is 18.2 Å². The molecule has 1 aliphatic heterocycles. The minimum absolute atomic E-state index is 0.0724. The quantitative estimate of drug-likeness (QED) is 0.385. The summed E-state index contributed by atoms with van der Waals surface area (Å²) in [4.78, 5) is 15.5. The van der Waals surface area contributed by atoms with Crippen molar-refractivity contribution in [2.24, 2.45) is 7.05 Å². The van der Waals surface area contributed by atoms with Crippen LogP contribution in [0.4, 0.5) is 43.9 Å². The Bertz CT molecular complexity index is 1410. The van der Waals surface area contributed by atoms with Crippen LogP contribution in [-0.4, -0.2) is 69.1 Å². The van der Waals surface area contributed by atoms with E-state index in [1.54, 1.807) is 7.05 Å². The molecule has 0 bridgehead atoms. The predicted octanol–water partition coefficient (Wildman–Crippen LogP) is 3.57. The van der Waals surface area contributed by atoms with Crippen molar-refractivity contribution in [1.82, 2.24) is 28.8 Å². The number of aromatic nitrogens is 5. The summed E-state index contributed by atoms with van der Waals surface area (Å²) in [5.41, 5.74) is -1.03. The van der Waals surface area contributed by atoms with Crippen molar-refractivity contribution in [1.29, 1.82) is 0 Å². The van der Waals surface area contributed by atoms with Crippen molar-refractivity contribution in [2.75, 3.05) is 30.3 Å². The second kappa shape index (κ2) is 10.8. The summed E-state index contributed by atoms with van der Waals surface area (Å²) in [6.07, 6.45) is -5.97. The molecule has 3 aromatic rings. The number of nitrogens with zero attached hydrogens (tertiary/aromatic N) is 6. The lowest BCUT2D eigenvalue weighted by Gasteiger charge is -2.31. The lowest BCUT2D eigenvalue weighted by atomic mass is 10.1. The molecule has 1 saturated heterocycles. The summed E-state index contributed by atoms with van der Waals surface area (Å²) in [5.74, 6) is -0.568. The van der Waals surface area contributed by atoms with Gasteiger partial charge >= 0.3 is 18.4 Å². The number of aryl methyl sites for hydroxylation is 1. The monoisotopic (exact) mass is 580 g/mol. The second-order valence-corrected chi connectivity index (χ2v) is 10.5. The zero-order valence-corrected chi connectivity index (χ0v) is 21.0. The SMILES string of the molecule is Cn1cnc(S(=O)(=O)N2CCC(Nc3nc(Nc4cccc(C(F)(F)F)c4)nc(OCC(F)(F)F)n3)CC2)c1. The third kappa shape index (κ3) is 7.47. The number of rotatable bonds is 8. The molecule has 39 heavy (non-hydrogen) atoms. The third-order valence-electron chi connectivity index (χ3n) is 5.50. The van der Waals surface area contributed by atoms with Crippen LogP contribution in [0.3, 0.4) is 0 Å². The number of nitrogens with one attached hydrogen (secondary N) is 2. The summed E-state index contributed by atoms with van der Waals surface area (Å²) in [6.45, 7) is -1.47. The minimum Gasteiger partial charge on any atom is -0.454 e. The van der Waals surface area contributed by atoms with Crippen molar-refractivity contribution in [3.05, 3.63) is 42.4 Å². The van der Waals surface area contributed by atoms with Gasteiger partial charge in [-0.15, -0.1) is 0 Å². The highest BCUT2D eigenvalue weighted by atomic mass is 32.2. The fourth-order valence-corrected chi connectivity index (χ4v) is 5.10. The van der Waals surface area contributed by atoms with Gasteiger partial charge in [-0.25, -0.2) is 13.4 Å². The number of anilines is 3. The van der Waals surface area contributed by atoms with Gasteiger partial charge in [-0.05, 0) is 31.0 Å². The maximum Gasteiger partial charge on any atom is 0.422 e. The van der Waals surface area contributed by atoms with Crippen LogP contribution in [-0.2, 0) is 23.2 Å². The maximum atomic E-state index is 13.1. The van der Waals surface area contributed by atoms with E-state index in [2.05, 4.69) is 35.3 Å². The first-order valence-electron chi connectivity index (χ1n) is 11.3. The number of alkyl halides is 6. The number of hydrogen-bond acceptors (Lipinski definition) is 9. The molecule has 0 amide bonds. The van der Waals surface area contributed by atoms with Gasteiger partial charge in [-0.1, -0.05) is 6.07 Å². The minimum atomic E-state index is -4.69. The Hall–Kier alpha value is -3.67. The lowest BCUT2D eigenvalue weighted by Crippen LogP contribution is -2.42. The van der Waals surface area contributed by atoms with Gasteiger partial charge in [0.15, 0.2) is 11.6 Å². The Morgan fingerprint density at radius 1 is 1.05 bits per heavy atom. The molecule has 4 rings (SSSR count). The average molecular weight is 581 g/mol. The zero-order valence-electron chi connectivity index (χ0n) is 20.2. The van der Waals surface area contributed by atoms with E-state index in [1.807, 2.05) is 0 Å². The fourth-order valence-electron chi connectivity index (χ4n) is 3.67. The first-order valence-corrected chi connectivity index (χ1v) is 12.8. The molecule has 18 heteroatoms. The van der Waals surface area contributed by atoms with Crippen LogP contribution >= 0.6 is 0 Å². The van der Waals surface area contributed by atoms with Crippen molar-refractivity contribution in [3.63, 3.8) is 0 Å². The molecular formula is C21H22F6N8O3S. The van der Waals surface area contributed by atoms with Gasteiger partial charge in [0.1, 0.15) is 0 Å². The average Bonchev–Trinajstić information content (AvgIpc) is 3.29. The van der Waals surface area contributed by atoms with Crippen molar-refractivity contribution < 1.29 is 39.5 Å². The van der Waals surface area contributed by atoms with Crippen LogP contribution < -0.4 is 15.4 Å². The molecule has 1 aromatic carbocycles. The van der Waals surface area contributed by atoms with Crippen LogP contribution in [0, 0.1) is 0 Å². The van der Waals surface area contributed by atoms with Crippen LogP contribution in [0.15, 0.2) is 41.8 Å². The standard InChI is InChI=1S/C21H22F6N8O3S/c1-34-10-16(28-12-34)39(36,37)35-7-5-14(6-8-35)29-17-31-18(33-19(32-17)38-11-20(22,23)24)30-15-4-2-3-13(9-15)21(25,26)27/h2-4,9-10,12,14H,5-8,11H2,1H3,(H2,29,30,31,32,33). The highest BCUT2D eigenvalue weighted by Crippen LogP contribution is 2.31. The fraction of sp³-hybridized carbons (Fsp3) is 0.429. The van der Waals surface area contributed by atoms with Crippen molar-refractivity contribution in [2.45, 2.75) is 36.3 Å². The molecular weight excluding hydrogens is 558 g/mol. The second-order valence-electron chi connectivity index (χ2n) is 8.57. The number of benzene rings is 1. The van der Waals surface area contributed by atoms with E-state index < -0.39 is 40.6 Å². The van der Waals surface area contributed by atoms with E-state index in [-0.39, 0.29) is 41.7 Å². The summed E-state index contributed by atoms with van der Waals surface area (Å²) < 4.78 is 110. The topological polar surface area (TPSA) is 127 Å². The van der Waals surface area contributed by atoms with Gasteiger partial charge in [0.05, 0.1) is 11.9 Å². The van der Waals surface area contributed by atoms with E-state index in [4.69, 9.17) is 0 Å². The molecule has 0 atom stereocenters. The molecule has 3 heterocycles. The van der Waals surface area contributed by atoms with Crippen LogP contribution in [0.2, 0.25) is 0 Å². The molecule has 1 aliphatic rings. The highest BCUT2D eigenvalue weighted by Gasteiger charge is 2.33. The number of ether oxygens (including phenoxy) is 1. The predicted molar refractivity (Wildman–Crippen MR) is 125 cm³/mol. The van der Waals surface area contributed by atoms with E-state index in [9.17, 15) is 34.8 Å². The summed E-state index contributed by atoms with van der Waals surface area (Å²) >= 11 is 0. The smallest absolute Gasteiger partial charge is 0.422 e. The maximum absolute atomic E-state index is 13.1. The molecule has 2 N–H and O–H groups in total. The van der Waals surface area contributed by atoms with Crippen LogP contribution in [0.1, 0.15) is 18.4 Å². The molecule has 0 spiro atoms. The van der Waals surface area contributed by atoms with E-state index in [0.29, 0.717) is 12.8 Å². The summed E-state index contributed by atoms with van der Waals surface area (Å²) in [5, 5.41) is 5.34. The zero-order chi connectivity index (χ0) is 28.4. The number of hydrogen-bond donors (Lipinski definition) is 2. The Balaban J connectivity index is 1.49. The number of imidazole rings is 1. The van der Waals surface area contributed by atoms with Gasteiger partial charge < -0.3 is 19.9 Å². The molecule has 1 fully saturated rings. The number of halogens is 6. The Labute approximate surface area is 218 Å². The van der Waals surface area contributed by atoms with Gasteiger partial charge in [0.2, 0.25) is 11.9 Å². The molecule has 0 unspecified atom stereocenters. The van der Waals surface area contributed by atoms with Gasteiger partial charge in [-0.3, -0.25) is 0 Å². The Morgan fingerprint density at radius 2 is 1.74 bits per heavy atom. The molecule has 0 radical (unpaired) electrons. The van der Waals surface area contributed by atoms with E-state index in [1.165, 1.54) is 27.5 Å². The normalized spacial score (nSPS) is 15.8. The lowest BCUT2D eigenvalue weighted by molar-refractivity contribution is -0.154. The molecule has 0 saturated carbocycles. The van der Waals surface area contributed by atoms with Gasteiger partial charge in [0, 0.05) is 38.1 Å². The first kappa shape index (κ1) is 28.3. The molecule has 11 nitrogen and oxygen atoms in total. The van der Waals surface area contributed by atoms with Crippen molar-refractivity contribution in [3.8, 4) is 6.01 Å². The molecule has 212 valence electrons. The van der Waals surface area contributed by atoms with E-state index >= 15 is 0 Å². The van der Waals surface area contributed by atoms with Crippen LogP contribution in [0.25, 0.3) is 0 Å². The summed E-state index contributed by atoms with van der Waals surface area (Å²) in [6, 6.07) is 2.97. The Kier molecular flexibility index (Phi) is 7.87. The number of sulfonamides is 1. The third-order valence-corrected chi connectivity index (χ3v) is 7.28. The van der Waals surface area contributed by atoms with Crippen LogP contribution in [0.5, 0.6) is 6.01 Å². The van der Waals surface area contributed by atoms with Gasteiger partial charge in [0.25, 0.3) is 10.0 Å². The molecule has 2 aromatic heterocycles. The van der Waals surface area contributed by atoms with Crippen molar-refractivity contribution >= 4 is 27.6 Å². The first-order chi connectivity index (χ1) is 18.2. The highest BCUT2D eigenvalue weighted by molar-refractivity contribution is 7.89. The molecule has 0 aliphatic carbocycles. The largest absolute Gasteiger partial charge is 0.454 e. The summed E-state index contributed by atoms with van der Waals surface area (Å²) in [7, 11) is -2.17. The number of piperidine rings is 1.